The monoisotopic (exact) mass is 362 g/mol. The van der Waals surface area contributed by atoms with Gasteiger partial charge in [0.2, 0.25) is 0 Å². The third-order valence-corrected chi connectivity index (χ3v) is 3.87. The molecule has 1 nitrogen and oxygen atoms in total. The van der Waals surface area contributed by atoms with Crippen LogP contribution in [0.3, 0.4) is 0 Å². The lowest BCUT2D eigenvalue weighted by Crippen LogP contribution is -1.99. The van der Waals surface area contributed by atoms with Crippen LogP contribution in [0.5, 0.6) is 5.75 Å². The molecule has 0 unspecified atom stereocenters. The summed E-state index contributed by atoms with van der Waals surface area (Å²) in [6.07, 6.45) is 0. The maximum atomic E-state index is 12.9. The Morgan fingerprint density at radius 3 is 2.58 bits per heavy atom. The molecule has 100 valence electrons. The molecule has 19 heavy (non-hydrogen) atoms. The van der Waals surface area contributed by atoms with Gasteiger partial charge in [0.1, 0.15) is 18.2 Å². The van der Waals surface area contributed by atoms with Crippen LogP contribution >= 0.6 is 39.1 Å². The zero-order valence-electron chi connectivity index (χ0n) is 9.80. The number of benzene rings is 2. The van der Waals surface area contributed by atoms with Gasteiger partial charge in [-0.05, 0) is 24.3 Å². The van der Waals surface area contributed by atoms with Crippen molar-refractivity contribution in [2.75, 3.05) is 0 Å². The van der Waals surface area contributed by atoms with Gasteiger partial charge >= 0.3 is 0 Å². The van der Waals surface area contributed by atoms with Crippen LogP contribution in [-0.2, 0) is 11.9 Å². The van der Waals surface area contributed by atoms with Gasteiger partial charge in [0.25, 0.3) is 0 Å². The van der Waals surface area contributed by atoms with Gasteiger partial charge in [-0.2, -0.15) is 0 Å². The van der Waals surface area contributed by atoms with Gasteiger partial charge in [-0.1, -0.05) is 51.3 Å². The van der Waals surface area contributed by atoms with Crippen molar-refractivity contribution < 1.29 is 9.13 Å². The molecule has 5 heteroatoms. The zero-order chi connectivity index (χ0) is 13.8. The van der Waals surface area contributed by atoms with Gasteiger partial charge in [-0.3, -0.25) is 0 Å². The highest BCUT2D eigenvalue weighted by atomic mass is 79.9. The van der Waals surface area contributed by atoms with Crippen molar-refractivity contribution in [3.05, 3.63) is 63.4 Å². The molecule has 0 saturated carbocycles. The zero-order valence-corrected chi connectivity index (χ0v) is 12.9. The molecule has 0 bridgehead atoms. The van der Waals surface area contributed by atoms with Crippen LogP contribution in [0.25, 0.3) is 0 Å². The van der Waals surface area contributed by atoms with Gasteiger partial charge in [-0.15, -0.1) is 0 Å². The summed E-state index contributed by atoms with van der Waals surface area (Å²) in [6.45, 7) is 0.263. The molecule has 0 amide bonds. The van der Waals surface area contributed by atoms with Gasteiger partial charge < -0.3 is 4.74 Å². The summed E-state index contributed by atoms with van der Waals surface area (Å²) >= 11 is 15.4. The molecule has 0 fully saturated rings. The maximum absolute atomic E-state index is 12.9. The van der Waals surface area contributed by atoms with Crippen molar-refractivity contribution in [3.63, 3.8) is 0 Å². The van der Waals surface area contributed by atoms with Crippen molar-refractivity contribution in [1.82, 2.24) is 0 Å². The predicted octanol–water partition coefficient (Wildman–Crippen LogP) is 5.61. The van der Waals surface area contributed by atoms with E-state index in [1.54, 1.807) is 12.1 Å². The Morgan fingerprint density at radius 1 is 1.11 bits per heavy atom. The molecule has 0 aliphatic carbocycles. The molecule has 2 aromatic carbocycles. The fourth-order valence-electron chi connectivity index (χ4n) is 1.60. The van der Waals surface area contributed by atoms with Gasteiger partial charge in [0, 0.05) is 21.5 Å². The van der Waals surface area contributed by atoms with Crippen LogP contribution in [0.1, 0.15) is 11.1 Å². The van der Waals surface area contributed by atoms with Crippen LogP contribution in [0.15, 0.2) is 36.4 Å². The quantitative estimate of drug-likeness (QED) is 0.642. The number of alkyl halides is 1. The summed E-state index contributed by atoms with van der Waals surface area (Å²) in [4.78, 5) is 0. The Hall–Kier alpha value is -0.770. The minimum Gasteiger partial charge on any atom is -0.488 e. The molecule has 0 spiro atoms. The first kappa shape index (κ1) is 14.6. The lowest BCUT2D eigenvalue weighted by atomic mass is 10.2. The summed E-state index contributed by atoms with van der Waals surface area (Å²) < 4.78 is 18.6. The van der Waals surface area contributed by atoms with Crippen LogP contribution in [-0.4, -0.2) is 0 Å². The van der Waals surface area contributed by atoms with Crippen molar-refractivity contribution in [2.24, 2.45) is 0 Å². The second kappa shape index (κ2) is 6.60. The van der Waals surface area contributed by atoms with E-state index in [9.17, 15) is 4.39 Å². The van der Waals surface area contributed by atoms with E-state index >= 15 is 0 Å². The molecule has 0 N–H and O–H groups in total. The molecular weight excluding hydrogens is 354 g/mol. The highest BCUT2D eigenvalue weighted by Gasteiger charge is 2.08. The Morgan fingerprint density at radius 2 is 1.89 bits per heavy atom. The lowest BCUT2D eigenvalue weighted by Gasteiger charge is -2.12. The van der Waals surface area contributed by atoms with Gasteiger partial charge in [-0.25, -0.2) is 4.39 Å². The van der Waals surface area contributed by atoms with E-state index in [2.05, 4.69) is 15.9 Å². The van der Waals surface area contributed by atoms with E-state index in [1.807, 2.05) is 12.1 Å². The average molecular weight is 364 g/mol. The van der Waals surface area contributed by atoms with Crippen LogP contribution in [0.2, 0.25) is 10.0 Å². The van der Waals surface area contributed by atoms with Crippen molar-refractivity contribution >= 4 is 39.1 Å². The molecule has 2 rings (SSSR count). The fourth-order valence-corrected chi connectivity index (χ4v) is 2.79. The summed E-state index contributed by atoms with van der Waals surface area (Å²) in [5, 5.41) is 1.58. The second-order valence-corrected chi connectivity index (χ2v) is 5.25. The Balaban J connectivity index is 2.17. The van der Waals surface area contributed by atoms with Crippen LogP contribution < -0.4 is 4.74 Å². The van der Waals surface area contributed by atoms with E-state index in [1.165, 1.54) is 12.1 Å². The molecule has 0 aliphatic heterocycles. The molecule has 0 aliphatic rings. The molecule has 0 aromatic heterocycles. The van der Waals surface area contributed by atoms with Crippen LogP contribution in [0.4, 0.5) is 4.39 Å². The van der Waals surface area contributed by atoms with Crippen LogP contribution in [0, 0.1) is 5.82 Å². The first-order valence-electron chi connectivity index (χ1n) is 5.52. The van der Waals surface area contributed by atoms with E-state index in [0.717, 1.165) is 11.1 Å². The Labute approximate surface area is 129 Å². The normalized spacial score (nSPS) is 10.5. The standard InChI is InChI=1S/C14H10BrCl2FO/c15-7-11-12(16)2-1-3-14(11)19-8-9-4-5-10(18)6-13(9)17/h1-6H,7-8H2. The molecular formula is C14H10BrCl2FO. The van der Waals surface area contributed by atoms with Gasteiger partial charge in [0.15, 0.2) is 0 Å². The lowest BCUT2D eigenvalue weighted by molar-refractivity contribution is 0.304. The highest BCUT2D eigenvalue weighted by molar-refractivity contribution is 9.08. The second-order valence-electron chi connectivity index (χ2n) is 3.87. The number of ether oxygens (including phenoxy) is 1. The summed E-state index contributed by atoms with van der Waals surface area (Å²) in [5.41, 5.74) is 1.60. The highest BCUT2D eigenvalue weighted by Crippen LogP contribution is 2.29. The molecule has 0 radical (unpaired) electrons. The molecule has 2 aromatic rings. The number of rotatable bonds is 4. The molecule has 0 heterocycles. The maximum Gasteiger partial charge on any atom is 0.125 e. The van der Waals surface area contributed by atoms with E-state index in [0.29, 0.717) is 21.1 Å². The summed E-state index contributed by atoms with van der Waals surface area (Å²) in [5.74, 6) is 0.322. The van der Waals surface area contributed by atoms with E-state index in [4.69, 9.17) is 27.9 Å². The van der Waals surface area contributed by atoms with Crippen molar-refractivity contribution in [2.45, 2.75) is 11.9 Å². The first-order chi connectivity index (χ1) is 9.11. The Bertz CT molecular complexity index is 590. The van der Waals surface area contributed by atoms with Gasteiger partial charge in [0.05, 0.1) is 5.02 Å². The van der Waals surface area contributed by atoms with Crippen molar-refractivity contribution in [1.29, 1.82) is 0 Å². The number of hydrogen-bond acceptors (Lipinski definition) is 1. The SMILES string of the molecule is Fc1ccc(COc2cccc(Cl)c2CBr)c(Cl)c1. The third kappa shape index (κ3) is 3.62. The average Bonchev–Trinajstić information content (AvgIpc) is 2.38. The third-order valence-electron chi connectivity index (χ3n) is 2.61. The number of hydrogen-bond donors (Lipinski definition) is 0. The smallest absolute Gasteiger partial charge is 0.125 e. The van der Waals surface area contributed by atoms with Crippen molar-refractivity contribution in [3.8, 4) is 5.75 Å². The summed E-state index contributed by atoms with van der Waals surface area (Å²) in [6, 6.07) is 9.68. The Kier molecular flexibility index (Phi) is 5.08. The molecule has 0 atom stereocenters. The summed E-state index contributed by atoms with van der Waals surface area (Å²) in [7, 11) is 0. The topological polar surface area (TPSA) is 9.23 Å². The van der Waals surface area contributed by atoms with E-state index in [-0.39, 0.29) is 12.4 Å². The largest absolute Gasteiger partial charge is 0.488 e. The fraction of sp³-hybridized carbons (Fsp3) is 0.143. The van der Waals surface area contributed by atoms with E-state index < -0.39 is 0 Å². The number of halogens is 4. The first-order valence-corrected chi connectivity index (χ1v) is 7.39. The predicted molar refractivity (Wildman–Crippen MR) is 79.8 cm³/mol. The molecule has 0 saturated heterocycles. The minimum absolute atomic E-state index is 0.263. The minimum atomic E-state index is -0.363.